The van der Waals surface area contributed by atoms with Gasteiger partial charge in [-0.15, -0.1) is 23.2 Å². The molecule has 0 saturated heterocycles. The molecule has 2 unspecified atom stereocenters. The molecular weight excluding hydrogens is 319 g/mol. The van der Waals surface area contributed by atoms with Gasteiger partial charge in [-0.1, -0.05) is 49.9 Å². The molecule has 2 atom stereocenters. The highest BCUT2D eigenvalue weighted by Gasteiger charge is 2.08. The van der Waals surface area contributed by atoms with Crippen LogP contribution in [0.25, 0.3) is 0 Å². The molecule has 3 heteroatoms. The van der Waals surface area contributed by atoms with E-state index in [-0.39, 0.29) is 10.8 Å². The minimum atomic E-state index is 0.0872. The topological polar surface area (TPSA) is 0 Å². The molecule has 2 aromatic rings. The van der Waals surface area contributed by atoms with Crippen molar-refractivity contribution in [1.29, 1.82) is 0 Å². The van der Waals surface area contributed by atoms with Gasteiger partial charge in [0.2, 0.25) is 0 Å². The standard InChI is InChI=1S/C18H20Cl2S/c1-3-17(19)13-7-5-9-15(11-13)21-16-10-6-8-14(12-16)18(20)4-2/h5-12,17-18H,3-4H2,1-2H3. The summed E-state index contributed by atoms with van der Waals surface area (Å²) in [6.45, 7) is 4.21. The van der Waals surface area contributed by atoms with Crippen molar-refractivity contribution in [3.63, 3.8) is 0 Å². The number of hydrogen-bond donors (Lipinski definition) is 0. The summed E-state index contributed by atoms with van der Waals surface area (Å²) in [6.07, 6.45) is 1.88. The quantitative estimate of drug-likeness (QED) is 0.501. The Balaban J connectivity index is 2.18. The van der Waals surface area contributed by atoms with Gasteiger partial charge in [0.1, 0.15) is 0 Å². The molecule has 0 nitrogen and oxygen atoms in total. The van der Waals surface area contributed by atoms with Crippen molar-refractivity contribution in [2.45, 2.75) is 47.2 Å². The number of rotatable bonds is 6. The third-order valence-corrected chi connectivity index (χ3v) is 5.49. The highest BCUT2D eigenvalue weighted by Crippen LogP contribution is 2.34. The largest absolute Gasteiger partial charge is 0.118 e. The monoisotopic (exact) mass is 338 g/mol. The molecule has 0 aliphatic rings. The molecule has 0 aliphatic heterocycles. The minimum Gasteiger partial charge on any atom is -0.118 e. The summed E-state index contributed by atoms with van der Waals surface area (Å²) in [5, 5.41) is 0.174. The molecule has 0 bridgehead atoms. The average molecular weight is 339 g/mol. The molecule has 0 saturated carbocycles. The van der Waals surface area contributed by atoms with Crippen LogP contribution in [0.4, 0.5) is 0 Å². The van der Waals surface area contributed by atoms with Gasteiger partial charge in [0.15, 0.2) is 0 Å². The number of hydrogen-bond acceptors (Lipinski definition) is 1. The Kier molecular flexibility index (Phi) is 6.47. The molecule has 21 heavy (non-hydrogen) atoms. The Morgan fingerprint density at radius 3 is 1.62 bits per heavy atom. The summed E-state index contributed by atoms with van der Waals surface area (Å²) in [4.78, 5) is 2.43. The molecule has 0 heterocycles. The normalized spacial score (nSPS) is 13.9. The van der Waals surface area contributed by atoms with Gasteiger partial charge in [0.25, 0.3) is 0 Å². The maximum Gasteiger partial charge on any atom is 0.0583 e. The van der Waals surface area contributed by atoms with E-state index >= 15 is 0 Å². The van der Waals surface area contributed by atoms with E-state index in [2.05, 4.69) is 62.4 Å². The van der Waals surface area contributed by atoms with E-state index in [1.165, 1.54) is 20.9 Å². The van der Waals surface area contributed by atoms with Crippen molar-refractivity contribution in [2.75, 3.05) is 0 Å². The van der Waals surface area contributed by atoms with E-state index in [0.717, 1.165) is 12.8 Å². The van der Waals surface area contributed by atoms with Gasteiger partial charge >= 0.3 is 0 Å². The lowest BCUT2D eigenvalue weighted by Gasteiger charge is -2.11. The summed E-state index contributed by atoms with van der Waals surface area (Å²) >= 11 is 14.4. The van der Waals surface area contributed by atoms with Gasteiger partial charge in [-0.05, 0) is 48.2 Å². The Labute approximate surface area is 141 Å². The molecular formula is C18H20Cl2S. The summed E-state index contributed by atoms with van der Waals surface area (Å²) in [5.41, 5.74) is 2.37. The maximum atomic E-state index is 6.32. The average Bonchev–Trinajstić information content (AvgIpc) is 2.53. The van der Waals surface area contributed by atoms with Crippen LogP contribution in [0.2, 0.25) is 0 Å². The Hall–Kier alpha value is -0.630. The third kappa shape index (κ3) is 4.67. The van der Waals surface area contributed by atoms with E-state index in [9.17, 15) is 0 Å². The van der Waals surface area contributed by atoms with Gasteiger partial charge in [-0.3, -0.25) is 0 Å². The maximum absolute atomic E-state index is 6.32. The molecule has 112 valence electrons. The zero-order chi connectivity index (χ0) is 15.2. The highest BCUT2D eigenvalue weighted by atomic mass is 35.5. The highest BCUT2D eigenvalue weighted by molar-refractivity contribution is 7.99. The van der Waals surface area contributed by atoms with Gasteiger partial charge in [-0.25, -0.2) is 0 Å². The van der Waals surface area contributed by atoms with Gasteiger partial charge in [-0.2, -0.15) is 0 Å². The zero-order valence-corrected chi connectivity index (χ0v) is 14.7. The minimum absolute atomic E-state index is 0.0872. The van der Waals surface area contributed by atoms with E-state index in [1.807, 2.05) is 0 Å². The Morgan fingerprint density at radius 1 is 0.810 bits per heavy atom. The molecule has 0 N–H and O–H groups in total. The SMILES string of the molecule is CCC(Cl)c1cccc(Sc2cccc(C(Cl)CC)c2)c1. The molecule has 0 aliphatic carbocycles. The van der Waals surface area contributed by atoms with Crippen molar-refractivity contribution in [3.8, 4) is 0 Å². The zero-order valence-electron chi connectivity index (χ0n) is 12.4. The number of alkyl halides is 2. The van der Waals surface area contributed by atoms with Crippen LogP contribution in [0.1, 0.15) is 48.6 Å². The first kappa shape index (κ1) is 16.7. The summed E-state index contributed by atoms with van der Waals surface area (Å²) in [7, 11) is 0. The molecule has 0 amide bonds. The van der Waals surface area contributed by atoms with Crippen molar-refractivity contribution in [3.05, 3.63) is 59.7 Å². The molecule has 0 fully saturated rings. The summed E-state index contributed by atoms with van der Waals surface area (Å²) in [5.74, 6) is 0. The lowest BCUT2D eigenvalue weighted by atomic mass is 10.1. The van der Waals surface area contributed by atoms with Crippen molar-refractivity contribution in [2.24, 2.45) is 0 Å². The van der Waals surface area contributed by atoms with Crippen LogP contribution < -0.4 is 0 Å². The smallest absolute Gasteiger partial charge is 0.0583 e. The first-order chi connectivity index (χ1) is 10.1. The van der Waals surface area contributed by atoms with Crippen molar-refractivity contribution >= 4 is 35.0 Å². The molecule has 0 radical (unpaired) electrons. The lowest BCUT2D eigenvalue weighted by Crippen LogP contribution is -1.89. The van der Waals surface area contributed by atoms with Gasteiger partial charge in [0, 0.05) is 9.79 Å². The first-order valence-corrected chi connectivity index (χ1v) is 8.98. The molecule has 0 aromatic heterocycles. The van der Waals surface area contributed by atoms with Crippen LogP contribution in [0, 0.1) is 0 Å². The second kappa shape index (κ2) is 8.12. The summed E-state index contributed by atoms with van der Waals surface area (Å²) in [6, 6.07) is 16.9. The van der Waals surface area contributed by atoms with Gasteiger partial charge in [0.05, 0.1) is 10.8 Å². The van der Waals surface area contributed by atoms with E-state index < -0.39 is 0 Å². The fourth-order valence-electron chi connectivity index (χ4n) is 2.15. The predicted molar refractivity (Wildman–Crippen MR) is 94.8 cm³/mol. The Morgan fingerprint density at radius 2 is 1.24 bits per heavy atom. The second-order valence-corrected chi connectivity index (χ2v) is 7.20. The van der Waals surface area contributed by atoms with Crippen LogP contribution in [-0.4, -0.2) is 0 Å². The van der Waals surface area contributed by atoms with Crippen LogP contribution in [-0.2, 0) is 0 Å². The second-order valence-electron chi connectivity index (χ2n) is 5.00. The predicted octanol–water partition coefficient (Wildman–Crippen LogP) is 7.22. The van der Waals surface area contributed by atoms with E-state index in [4.69, 9.17) is 23.2 Å². The fourth-order valence-corrected chi connectivity index (χ4v) is 3.38. The van der Waals surface area contributed by atoms with E-state index in [1.54, 1.807) is 11.8 Å². The van der Waals surface area contributed by atoms with Gasteiger partial charge < -0.3 is 0 Å². The van der Waals surface area contributed by atoms with Crippen LogP contribution in [0.3, 0.4) is 0 Å². The first-order valence-electron chi connectivity index (χ1n) is 7.30. The van der Waals surface area contributed by atoms with Crippen LogP contribution in [0.5, 0.6) is 0 Å². The molecule has 2 rings (SSSR count). The lowest BCUT2D eigenvalue weighted by molar-refractivity contribution is 0.879. The fraction of sp³-hybridized carbons (Fsp3) is 0.333. The summed E-state index contributed by atoms with van der Waals surface area (Å²) < 4.78 is 0. The molecule has 2 aromatic carbocycles. The van der Waals surface area contributed by atoms with Crippen molar-refractivity contribution in [1.82, 2.24) is 0 Å². The number of halogens is 2. The van der Waals surface area contributed by atoms with Crippen molar-refractivity contribution < 1.29 is 0 Å². The third-order valence-electron chi connectivity index (χ3n) is 3.39. The van der Waals surface area contributed by atoms with E-state index in [0.29, 0.717) is 0 Å². The molecule has 0 spiro atoms. The van der Waals surface area contributed by atoms with Crippen LogP contribution in [0.15, 0.2) is 58.3 Å². The van der Waals surface area contributed by atoms with Crippen LogP contribution >= 0.6 is 35.0 Å². The Bertz CT molecular complexity index is 531. The number of benzene rings is 2.